The van der Waals surface area contributed by atoms with E-state index in [1.165, 1.54) is 27.8 Å². The minimum Gasteiger partial charge on any atom is -0.0835 e. The van der Waals surface area contributed by atoms with Gasteiger partial charge in [-0.2, -0.15) is 0 Å². The maximum atomic E-state index is 2.25. The Balaban J connectivity index is 2.21. The Bertz CT molecular complexity index is 485. The highest BCUT2D eigenvalue weighted by atomic mass is 14.3. The molecule has 0 heterocycles. The molecule has 14 heavy (non-hydrogen) atoms. The summed E-state index contributed by atoms with van der Waals surface area (Å²) in [6.07, 6.45) is 7.83. The molecule has 3 rings (SSSR count). The molecule has 0 saturated heterocycles. The van der Waals surface area contributed by atoms with Gasteiger partial charge in [0.2, 0.25) is 0 Å². The first-order chi connectivity index (χ1) is 6.92. The molecule has 1 aromatic rings. The van der Waals surface area contributed by atoms with Crippen LogP contribution in [0.15, 0.2) is 48.1 Å². The van der Waals surface area contributed by atoms with E-state index in [9.17, 15) is 0 Å². The van der Waals surface area contributed by atoms with Crippen molar-refractivity contribution in [3.63, 3.8) is 0 Å². The molecule has 0 aliphatic heterocycles. The molecule has 2 aliphatic rings. The summed E-state index contributed by atoms with van der Waals surface area (Å²) in [5.74, 6) is 0. The van der Waals surface area contributed by atoms with Gasteiger partial charge in [-0.25, -0.2) is 0 Å². The van der Waals surface area contributed by atoms with Gasteiger partial charge in [0.1, 0.15) is 0 Å². The highest BCUT2D eigenvalue weighted by molar-refractivity contribution is 6.13. The molecule has 2 aliphatic carbocycles. The first-order valence-corrected chi connectivity index (χ1v) is 5.08. The van der Waals surface area contributed by atoms with Crippen LogP contribution in [0.25, 0.3) is 11.1 Å². The van der Waals surface area contributed by atoms with Crippen LogP contribution in [-0.4, -0.2) is 0 Å². The number of hydrogen-bond donors (Lipinski definition) is 0. The molecule has 0 radical (unpaired) electrons. The van der Waals surface area contributed by atoms with Crippen LogP contribution in [0.1, 0.15) is 24.5 Å². The van der Waals surface area contributed by atoms with Crippen LogP contribution in [0.4, 0.5) is 0 Å². The molecule has 0 aromatic heterocycles. The van der Waals surface area contributed by atoms with Gasteiger partial charge in [-0.05, 0) is 41.2 Å². The summed E-state index contributed by atoms with van der Waals surface area (Å²) < 4.78 is 0. The standard InChI is InChI=1S/C14H12/c1-2-10-6-5-9-13-11-7-3-4-8-12(11)14(10)13/h2-5,7-9H,6H2,1H3. The Morgan fingerprint density at radius 3 is 2.71 bits per heavy atom. The van der Waals surface area contributed by atoms with E-state index in [0.29, 0.717) is 0 Å². The Labute approximate surface area is 84.3 Å². The van der Waals surface area contributed by atoms with Crippen LogP contribution in [-0.2, 0) is 0 Å². The third-order valence-electron chi connectivity index (χ3n) is 3.05. The normalized spacial score (nSPS) is 20.5. The SMILES string of the molecule is CC=C1CC=CC2=C1c1ccccc12. The summed E-state index contributed by atoms with van der Waals surface area (Å²) in [5.41, 5.74) is 7.23. The zero-order chi connectivity index (χ0) is 9.54. The van der Waals surface area contributed by atoms with Crippen LogP contribution in [0, 0.1) is 0 Å². The van der Waals surface area contributed by atoms with Gasteiger partial charge in [-0.3, -0.25) is 0 Å². The quantitative estimate of drug-likeness (QED) is 0.569. The molecule has 0 saturated carbocycles. The van der Waals surface area contributed by atoms with Crippen LogP contribution >= 0.6 is 0 Å². The third kappa shape index (κ3) is 0.832. The zero-order valence-corrected chi connectivity index (χ0v) is 8.25. The van der Waals surface area contributed by atoms with E-state index in [1.54, 1.807) is 0 Å². The maximum absolute atomic E-state index is 2.25. The highest BCUT2D eigenvalue weighted by Gasteiger charge is 2.26. The fourth-order valence-corrected chi connectivity index (χ4v) is 2.34. The van der Waals surface area contributed by atoms with Crippen LogP contribution in [0.3, 0.4) is 0 Å². The Morgan fingerprint density at radius 2 is 1.93 bits per heavy atom. The molecule has 0 nitrogen and oxygen atoms in total. The molecule has 0 unspecified atom stereocenters. The van der Waals surface area contributed by atoms with Crippen molar-refractivity contribution in [2.24, 2.45) is 0 Å². The van der Waals surface area contributed by atoms with E-state index in [0.717, 1.165) is 6.42 Å². The molecule has 68 valence electrons. The van der Waals surface area contributed by atoms with E-state index >= 15 is 0 Å². The lowest BCUT2D eigenvalue weighted by Gasteiger charge is -2.30. The maximum Gasteiger partial charge on any atom is -0.00671 e. The molecule has 0 amide bonds. The topological polar surface area (TPSA) is 0 Å². The monoisotopic (exact) mass is 180 g/mol. The van der Waals surface area contributed by atoms with Crippen molar-refractivity contribution in [1.29, 1.82) is 0 Å². The molecular weight excluding hydrogens is 168 g/mol. The average Bonchev–Trinajstić information content (AvgIpc) is 2.24. The number of fused-ring (bicyclic) bond motifs is 3. The second-order valence-electron chi connectivity index (χ2n) is 3.75. The molecule has 0 N–H and O–H groups in total. The first kappa shape index (κ1) is 7.81. The fraction of sp³-hybridized carbons (Fsp3) is 0.143. The van der Waals surface area contributed by atoms with Gasteiger partial charge < -0.3 is 0 Å². The Hall–Kier alpha value is -1.56. The minimum absolute atomic E-state index is 1.09. The van der Waals surface area contributed by atoms with Crippen LogP contribution < -0.4 is 0 Å². The summed E-state index contributed by atoms with van der Waals surface area (Å²) in [6, 6.07) is 8.66. The fourth-order valence-electron chi connectivity index (χ4n) is 2.34. The molecule has 0 atom stereocenters. The van der Waals surface area contributed by atoms with Crippen molar-refractivity contribution in [1.82, 2.24) is 0 Å². The van der Waals surface area contributed by atoms with Crippen molar-refractivity contribution >= 4 is 11.1 Å². The summed E-state index contributed by atoms with van der Waals surface area (Å²) in [4.78, 5) is 0. The van der Waals surface area contributed by atoms with Crippen molar-refractivity contribution in [2.75, 3.05) is 0 Å². The first-order valence-electron chi connectivity index (χ1n) is 5.08. The summed E-state index contributed by atoms with van der Waals surface area (Å²) in [7, 11) is 0. The average molecular weight is 180 g/mol. The summed E-state index contributed by atoms with van der Waals surface area (Å²) in [5, 5.41) is 0. The lowest BCUT2D eigenvalue weighted by atomic mass is 9.73. The lowest BCUT2D eigenvalue weighted by Crippen LogP contribution is -2.09. The number of rotatable bonds is 0. The van der Waals surface area contributed by atoms with Gasteiger partial charge in [0.25, 0.3) is 0 Å². The lowest BCUT2D eigenvalue weighted by molar-refractivity contribution is 1.24. The van der Waals surface area contributed by atoms with Gasteiger partial charge >= 0.3 is 0 Å². The number of allylic oxidation sites excluding steroid dienone is 6. The van der Waals surface area contributed by atoms with E-state index in [-0.39, 0.29) is 0 Å². The van der Waals surface area contributed by atoms with Crippen molar-refractivity contribution in [3.05, 3.63) is 59.2 Å². The Kier molecular flexibility index (Phi) is 1.51. The Morgan fingerprint density at radius 1 is 1.14 bits per heavy atom. The second kappa shape index (κ2) is 2.71. The molecule has 0 spiro atoms. The van der Waals surface area contributed by atoms with Crippen LogP contribution in [0.5, 0.6) is 0 Å². The molecule has 0 heteroatoms. The van der Waals surface area contributed by atoms with E-state index in [2.05, 4.69) is 49.4 Å². The van der Waals surface area contributed by atoms with E-state index in [4.69, 9.17) is 0 Å². The molecular formula is C14H12. The predicted molar refractivity (Wildman–Crippen MR) is 60.8 cm³/mol. The third-order valence-corrected chi connectivity index (χ3v) is 3.05. The zero-order valence-electron chi connectivity index (χ0n) is 8.25. The van der Waals surface area contributed by atoms with Gasteiger partial charge in [0, 0.05) is 0 Å². The number of benzene rings is 1. The van der Waals surface area contributed by atoms with Gasteiger partial charge in [-0.1, -0.05) is 42.5 Å². The smallest absolute Gasteiger partial charge is 0.00671 e. The van der Waals surface area contributed by atoms with E-state index in [1.807, 2.05) is 0 Å². The van der Waals surface area contributed by atoms with E-state index < -0.39 is 0 Å². The van der Waals surface area contributed by atoms with Gasteiger partial charge in [-0.15, -0.1) is 0 Å². The van der Waals surface area contributed by atoms with Crippen LogP contribution in [0.2, 0.25) is 0 Å². The molecule has 0 fully saturated rings. The largest absolute Gasteiger partial charge is 0.0835 e. The summed E-state index contributed by atoms with van der Waals surface area (Å²) in [6.45, 7) is 2.13. The van der Waals surface area contributed by atoms with Crippen molar-refractivity contribution in [2.45, 2.75) is 13.3 Å². The van der Waals surface area contributed by atoms with Crippen molar-refractivity contribution < 1.29 is 0 Å². The van der Waals surface area contributed by atoms with Crippen molar-refractivity contribution in [3.8, 4) is 0 Å². The summed E-state index contributed by atoms with van der Waals surface area (Å²) >= 11 is 0. The molecule has 1 aromatic carbocycles. The number of hydrogen-bond acceptors (Lipinski definition) is 0. The van der Waals surface area contributed by atoms with Gasteiger partial charge in [0.05, 0.1) is 0 Å². The minimum atomic E-state index is 1.09. The molecule has 0 bridgehead atoms. The highest BCUT2D eigenvalue weighted by Crippen LogP contribution is 2.48. The second-order valence-corrected chi connectivity index (χ2v) is 3.75. The predicted octanol–water partition coefficient (Wildman–Crippen LogP) is 3.82. The van der Waals surface area contributed by atoms with Gasteiger partial charge in [0.15, 0.2) is 0 Å².